The molecule has 1 aliphatic heterocycles. The number of rotatable bonds is 10. The quantitative estimate of drug-likeness (QED) is 0.286. The zero-order valence-corrected chi connectivity index (χ0v) is 20.7. The predicted octanol–water partition coefficient (Wildman–Crippen LogP) is 7.42. The zero-order valence-electron chi connectivity index (χ0n) is 20.0. The number of nitrogens with zero attached hydrogens (tertiary/aromatic N) is 1. The lowest BCUT2D eigenvalue weighted by Gasteiger charge is -2.37. The van der Waals surface area contributed by atoms with Gasteiger partial charge >= 0.3 is 0 Å². The van der Waals surface area contributed by atoms with E-state index in [1.54, 1.807) is 24.3 Å². The first kappa shape index (κ1) is 24.5. The van der Waals surface area contributed by atoms with Crippen molar-refractivity contribution in [1.29, 1.82) is 0 Å². The summed E-state index contributed by atoms with van der Waals surface area (Å²) in [7, 11) is 0. The van der Waals surface area contributed by atoms with Crippen LogP contribution in [0.15, 0.2) is 78.9 Å². The molecule has 0 bridgehead atoms. The predicted molar refractivity (Wildman–Crippen MR) is 140 cm³/mol. The van der Waals surface area contributed by atoms with Crippen molar-refractivity contribution in [3.8, 4) is 5.75 Å². The van der Waals surface area contributed by atoms with Crippen molar-refractivity contribution in [1.82, 2.24) is 4.90 Å². The third kappa shape index (κ3) is 6.71. The number of unbranched alkanes of at least 4 members (excludes halogenated alkanes) is 1. The van der Waals surface area contributed by atoms with Crippen LogP contribution in [0.5, 0.6) is 5.75 Å². The van der Waals surface area contributed by atoms with Gasteiger partial charge in [-0.15, -0.1) is 0 Å². The molecule has 1 heterocycles. The summed E-state index contributed by atoms with van der Waals surface area (Å²) in [5.74, 6) is 1.55. The van der Waals surface area contributed by atoms with Gasteiger partial charge < -0.3 is 4.74 Å². The Balaban J connectivity index is 1.35. The third-order valence-electron chi connectivity index (χ3n) is 6.72. The topological polar surface area (TPSA) is 29.5 Å². The lowest BCUT2D eigenvalue weighted by Crippen LogP contribution is -2.44. The van der Waals surface area contributed by atoms with Gasteiger partial charge in [-0.25, -0.2) is 0 Å². The summed E-state index contributed by atoms with van der Waals surface area (Å²) in [5, 5.41) is 0.627. The fourth-order valence-corrected chi connectivity index (χ4v) is 4.82. The van der Waals surface area contributed by atoms with Crippen LogP contribution in [0.2, 0.25) is 5.02 Å². The van der Waals surface area contributed by atoms with Gasteiger partial charge in [0.1, 0.15) is 5.75 Å². The molecule has 4 rings (SSSR count). The van der Waals surface area contributed by atoms with Gasteiger partial charge in [-0.1, -0.05) is 55.3 Å². The summed E-state index contributed by atoms with van der Waals surface area (Å²) in [6.07, 6.45) is 6.96. The van der Waals surface area contributed by atoms with E-state index in [1.807, 2.05) is 24.3 Å². The minimum absolute atomic E-state index is 0.00811. The van der Waals surface area contributed by atoms with Crippen molar-refractivity contribution < 1.29 is 9.53 Å². The number of hydrogen-bond acceptors (Lipinski definition) is 3. The number of carbonyl (C=O) groups excluding carboxylic acids is 1. The highest BCUT2D eigenvalue weighted by molar-refractivity contribution is 6.30. The number of halogens is 1. The highest BCUT2D eigenvalue weighted by Crippen LogP contribution is 2.26. The van der Waals surface area contributed by atoms with Crippen LogP contribution in [0.3, 0.4) is 0 Å². The molecule has 3 aromatic carbocycles. The maximum atomic E-state index is 12.7. The number of carbonyl (C=O) groups is 1. The average Bonchev–Trinajstić information content (AvgIpc) is 2.88. The first-order chi connectivity index (χ1) is 16.6. The van der Waals surface area contributed by atoms with Crippen molar-refractivity contribution in [3.05, 3.63) is 101 Å². The second kappa shape index (κ2) is 12.2. The Morgan fingerprint density at radius 2 is 1.56 bits per heavy atom. The summed E-state index contributed by atoms with van der Waals surface area (Å²) in [5.41, 5.74) is 2.73. The molecule has 1 fully saturated rings. The molecule has 1 aliphatic rings. The molecule has 0 N–H and O–H groups in total. The minimum Gasteiger partial charge on any atom is -0.475 e. The van der Waals surface area contributed by atoms with E-state index < -0.39 is 0 Å². The highest BCUT2D eigenvalue weighted by Gasteiger charge is 2.26. The molecular formula is C30H34ClNO2. The molecule has 3 aromatic rings. The Bertz CT molecular complexity index is 1030. The van der Waals surface area contributed by atoms with Gasteiger partial charge in [-0.2, -0.15) is 0 Å². The Kier molecular flexibility index (Phi) is 8.79. The maximum absolute atomic E-state index is 12.7. The van der Waals surface area contributed by atoms with Crippen molar-refractivity contribution in [2.45, 2.75) is 51.7 Å². The van der Waals surface area contributed by atoms with Crippen LogP contribution < -0.4 is 4.74 Å². The van der Waals surface area contributed by atoms with Gasteiger partial charge in [0.15, 0.2) is 12.0 Å². The van der Waals surface area contributed by atoms with Crippen LogP contribution in [0, 0.1) is 5.92 Å². The molecule has 0 saturated carbocycles. The lowest BCUT2D eigenvalue weighted by atomic mass is 9.90. The smallest absolute Gasteiger partial charge is 0.193 e. The summed E-state index contributed by atoms with van der Waals surface area (Å²) in [4.78, 5) is 15.3. The maximum Gasteiger partial charge on any atom is 0.193 e. The van der Waals surface area contributed by atoms with E-state index >= 15 is 0 Å². The monoisotopic (exact) mass is 475 g/mol. The van der Waals surface area contributed by atoms with E-state index in [0.717, 1.165) is 50.4 Å². The molecule has 3 nitrogen and oxygen atoms in total. The standard InChI is InChI=1S/C30H34ClNO2/c1-2-3-9-29(32-20-18-24(19-21-32)22-23-7-5-4-6-8-23)34-28-16-12-26(13-17-28)30(33)25-10-14-27(31)15-11-25/h4-8,10-17,24,29H,2-3,9,18-22H2,1H3. The molecule has 1 saturated heterocycles. The second-order valence-electron chi connectivity index (χ2n) is 9.24. The van der Waals surface area contributed by atoms with Gasteiger partial charge in [-0.05, 0) is 92.1 Å². The zero-order chi connectivity index (χ0) is 23.8. The van der Waals surface area contributed by atoms with Crippen LogP contribution in [-0.2, 0) is 6.42 Å². The number of ether oxygens (including phenoxy) is 1. The van der Waals surface area contributed by atoms with Crippen LogP contribution in [0.4, 0.5) is 0 Å². The van der Waals surface area contributed by atoms with Crippen molar-refractivity contribution in [3.63, 3.8) is 0 Å². The molecular weight excluding hydrogens is 442 g/mol. The van der Waals surface area contributed by atoms with Crippen molar-refractivity contribution >= 4 is 17.4 Å². The van der Waals surface area contributed by atoms with Crippen molar-refractivity contribution in [2.24, 2.45) is 5.92 Å². The second-order valence-corrected chi connectivity index (χ2v) is 9.68. The molecule has 178 valence electrons. The Morgan fingerprint density at radius 3 is 2.18 bits per heavy atom. The van der Waals surface area contributed by atoms with E-state index in [0.29, 0.717) is 16.1 Å². The fraction of sp³-hybridized carbons (Fsp3) is 0.367. The van der Waals surface area contributed by atoms with Crippen LogP contribution in [0.1, 0.15) is 60.5 Å². The van der Waals surface area contributed by atoms with E-state index in [-0.39, 0.29) is 12.0 Å². The van der Waals surface area contributed by atoms with E-state index in [9.17, 15) is 4.79 Å². The van der Waals surface area contributed by atoms with Gasteiger partial charge in [0.25, 0.3) is 0 Å². The third-order valence-corrected chi connectivity index (χ3v) is 6.98. The summed E-state index contributed by atoms with van der Waals surface area (Å²) in [6, 6.07) is 25.4. The molecule has 4 heteroatoms. The Hall–Kier alpha value is -2.62. The average molecular weight is 476 g/mol. The normalized spacial score (nSPS) is 15.7. The van der Waals surface area contributed by atoms with Gasteiger partial charge in [-0.3, -0.25) is 9.69 Å². The SMILES string of the molecule is CCCCC(Oc1ccc(C(=O)c2ccc(Cl)cc2)cc1)N1CCC(Cc2ccccc2)CC1. The van der Waals surface area contributed by atoms with E-state index in [1.165, 1.54) is 18.4 Å². The molecule has 0 amide bonds. The fourth-order valence-electron chi connectivity index (χ4n) is 4.70. The summed E-state index contributed by atoms with van der Waals surface area (Å²) < 4.78 is 6.46. The highest BCUT2D eigenvalue weighted by atomic mass is 35.5. The van der Waals surface area contributed by atoms with Gasteiger partial charge in [0.2, 0.25) is 0 Å². The first-order valence-electron chi connectivity index (χ1n) is 12.5. The Labute approximate surface area is 208 Å². The summed E-state index contributed by atoms with van der Waals surface area (Å²) >= 11 is 5.94. The van der Waals surface area contributed by atoms with Crippen molar-refractivity contribution in [2.75, 3.05) is 13.1 Å². The number of ketones is 1. The minimum atomic E-state index is -0.00811. The Morgan fingerprint density at radius 1 is 0.941 bits per heavy atom. The lowest BCUT2D eigenvalue weighted by molar-refractivity contribution is -0.00456. The number of benzene rings is 3. The van der Waals surface area contributed by atoms with Gasteiger partial charge in [0, 0.05) is 29.2 Å². The van der Waals surface area contributed by atoms with Gasteiger partial charge in [0.05, 0.1) is 0 Å². The number of piperidine rings is 1. The summed E-state index contributed by atoms with van der Waals surface area (Å²) in [6.45, 7) is 4.36. The number of likely N-dealkylation sites (tertiary alicyclic amines) is 1. The largest absolute Gasteiger partial charge is 0.475 e. The first-order valence-corrected chi connectivity index (χ1v) is 12.8. The van der Waals surface area contributed by atoms with E-state index in [2.05, 4.69) is 42.2 Å². The molecule has 1 unspecified atom stereocenters. The molecule has 34 heavy (non-hydrogen) atoms. The molecule has 0 radical (unpaired) electrons. The molecule has 0 spiro atoms. The van der Waals surface area contributed by atoms with Crippen LogP contribution >= 0.6 is 11.6 Å². The van der Waals surface area contributed by atoms with E-state index in [4.69, 9.17) is 16.3 Å². The molecule has 1 atom stereocenters. The molecule has 0 aliphatic carbocycles. The number of hydrogen-bond donors (Lipinski definition) is 0. The molecule has 0 aromatic heterocycles. The van der Waals surface area contributed by atoms with Crippen LogP contribution in [0.25, 0.3) is 0 Å². The van der Waals surface area contributed by atoms with Crippen LogP contribution in [-0.4, -0.2) is 30.0 Å².